The number of amides is 1. The number of likely N-dealkylation sites (tertiary alicyclic amines) is 1. The molecular formula is C28H24N6O4S3. The molecule has 1 atom stereocenters. The van der Waals surface area contributed by atoms with Gasteiger partial charge in [-0.1, -0.05) is 23.5 Å². The first-order valence-electron chi connectivity index (χ1n) is 12.9. The molecule has 41 heavy (non-hydrogen) atoms. The quantitative estimate of drug-likeness (QED) is 0.261. The third kappa shape index (κ3) is 5.05. The first-order valence-corrected chi connectivity index (χ1v) is 15.4. The molecule has 0 unspecified atom stereocenters. The molecule has 0 spiro atoms. The zero-order valence-electron chi connectivity index (χ0n) is 22.1. The second-order valence-electron chi connectivity index (χ2n) is 9.67. The number of aliphatic hydroxyl groups excluding tert-OH is 1. The van der Waals surface area contributed by atoms with Crippen LogP contribution in [-0.4, -0.2) is 66.8 Å². The molecular weight excluding hydrogens is 581 g/mol. The van der Waals surface area contributed by atoms with Gasteiger partial charge in [0, 0.05) is 41.7 Å². The van der Waals surface area contributed by atoms with Crippen LogP contribution in [0.1, 0.15) is 27.5 Å². The van der Waals surface area contributed by atoms with Crippen LogP contribution in [0.4, 0.5) is 0 Å². The fourth-order valence-electron chi connectivity index (χ4n) is 4.74. The van der Waals surface area contributed by atoms with E-state index >= 15 is 0 Å². The van der Waals surface area contributed by atoms with E-state index in [2.05, 4.69) is 10.1 Å². The van der Waals surface area contributed by atoms with E-state index in [1.165, 1.54) is 34.0 Å². The number of aryl methyl sites for hydroxylation is 1. The predicted octanol–water partition coefficient (Wildman–Crippen LogP) is 5.29. The van der Waals surface area contributed by atoms with Gasteiger partial charge in [0.1, 0.15) is 38.8 Å². The average molecular weight is 605 g/mol. The Labute approximate surface area is 246 Å². The maximum Gasteiger partial charge on any atom is 0.253 e. The van der Waals surface area contributed by atoms with E-state index in [1.807, 2.05) is 54.9 Å². The highest BCUT2D eigenvalue weighted by Crippen LogP contribution is 2.39. The molecule has 0 aliphatic carbocycles. The van der Waals surface area contributed by atoms with Crippen molar-refractivity contribution < 1.29 is 19.4 Å². The highest BCUT2D eigenvalue weighted by atomic mass is 32.1. The number of fused-ring (bicyclic) bond motifs is 2. The number of rotatable bonds is 7. The van der Waals surface area contributed by atoms with Crippen molar-refractivity contribution in [3.63, 3.8) is 0 Å². The topological polar surface area (TPSA) is 115 Å². The first kappa shape index (κ1) is 26.0. The third-order valence-electron chi connectivity index (χ3n) is 6.79. The Balaban J connectivity index is 1.08. The zero-order valence-corrected chi connectivity index (χ0v) is 24.6. The Morgan fingerprint density at radius 2 is 1.98 bits per heavy atom. The lowest BCUT2D eigenvalue weighted by Gasteiger charge is -2.15. The van der Waals surface area contributed by atoms with Crippen LogP contribution >= 0.6 is 34.0 Å². The van der Waals surface area contributed by atoms with Crippen LogP contribution in [0.3, 0.4) is 0 Å². The fourth-order valence-corrected chi connectivity index (χ4v) is 7.24. The van der Waals surface area contributed by atoms with Gasteiger partial charge in [-0.15, -0.1) is 22.7 Å². The monoisotopic (exact) mass is 604 g/mol. The van der Waals surface area contributed by atoms with Crippen LogP contribution in [0, 0.1) is 6.92 Å². The Morgan fingerprint density at radius 3 is 2.73 bits per heavy atom. The Bertz CT molecular complexity index is 1860. The van der Waals surface area contributed by atoms with Gasteiger partial charge < -0.3 is 19.5 Å². The van der Waals surface area contributed by atoms with Crippen LogP contribution in [0.2, 0.25) is 0 Å². The van der Waals surface area contributed by atoms with Crippen LogP contribution in [0.25, 0.3) is 36.5 Å². The van der Waals surface area contributed by atoms with E-state index in [9.17, 15) is 9.90 Å². The number of β-amino-alcohol motifs (C(OH)–C–C–N with tert-alkyl or cyclic N) is 1. The van der Waals surface area contributed by atoms with Crippen molar-refractivity contribution in [1.82, 2.24) is 29.5 Å². The molecule has 5 heterocycles. The van der Waals surface area contributed by atoms with Crippen molar-refractivity contribution in [2.45, 2.75) is 26.1 Å². The molecule has 13 heteroatoms. The molecule has 1 fully saturated rings. The van der Waals surface area contributed by atoms with Gasteiger partial charge in [-0.25, -0.2) is 19.5 Å². The van der Waals surface area contributed by atoms with Gasteiger partial charge in [-0.05, 0) is 25.5 Å². The number of hydrogen-bond donors (Lipinski definition) is 1. The molecule has 0 bridgehead atoms. The fraction of sp³-hybridized carbons (Fsp3) is 0.250. The van der Waals surface area contributed by atoms with Crippen LogP contribution in [0.5, 0.6) is 11.5 Å². The van der Waals surface area contributed by atoms with Gasteiger partial charge in [-0.3, -0.25) is 4.79 Å². The number of carbonyl (C=O) groups excluding carboxylic acids is 1. The van der Waals surface area contributed by atoms with Gasteiger partial charge in [0.05, 0.1) is 35.3 Å². The van der Waals surface area contributed by atoms with E-state index in [4.69, 9.17) is 19.4 Å². The summed E-state index contributed by atoms with van der Waals surface area (Å²) in [5, 5.41) is 18.7. The van der Waals surface area contributed by atoms with E-state index in [-0.39, 0.29) is 12.5 Å². The maximum absolute atomic E-state index is 12.7. The van der Waals surface area contributed by atoms with Crippen molar-refractivity contribution in [3.05, 3.63) is 64.2 Å². The van der Waals surface area contributed by atoms with Gasteiger partial charge >= 0.3 is 0 Å². The summed E-state index contributed by atoms with van der Waals surface area (Å²) in [6, 6.07) is 11.2. The zero-order chi connectivity index (χ0) is 28.1. The van der Waals surface area contributed by atoms with E-state index < -0.39 is 6.10 Å². The second-order valence-corrected chi connectivity index (χ2v) is 12.7. The smallest absolute Gasteiger partial charge is 0.253 e. The molecule has 2 aromatic carbocycles. The summed E-state index contributed by atoms with van der Waals surface area (Å²) in [6.07, 6.45) is 2.08. The molecule has 1 aliphatic rings. The number of hydrogen-bond acceptors (Lipinski definition) is 11. The molecule has 1 saturated heterocycles. The minimum atomic E-state index is -0.434. The maximum atomic E-state index is 12.7. The Morgan fingerprint density at radius 1 is 1.12 bits per heavy atom. The minimum absolute atomic E-state index is 0.0586. The molecule has 0 radical (unpaired) electrons. The number of nitrogens with zero attached hydrogens (tertiary/aromatic N) is 6. The largest absolute Gasteiger partial charge is 0.497 e. The number of carbonyl (C=O) groups is 1. The van der Waals surface area contributed by atoms with Crippen LogP contribution in [-0.2, 0) is 6.61 Å². The molecule has 0 saturated carbocycles. The van der Waals surface area contributed by atoms with E-state index in [0.29, 0.717) is 36.6 Å². The minimum Gasteiger partial charge on any atom is -0.497 e. The first-order chi connectivity index (χ1) is 19.9. The molecule has 1 N–H and O–H groups in total. The number of benzene rings is 2. The molecule has 1 aliphatic heterocycles. The lowest BCUT2D eigenvalue weighted by molar-refractivity contribution is 0.0765. The van der Waals surface area contributed by atoms with Gasteiger partial charge in [0.15, 0.2) is 0 Å². The summed E-state index contributed by atoms with van der Waals surface area (Å²) in [5.74, 6) is 1.27. The summed E-state index contributed by atoms with van der Waals surface area (Å²) >= 11 is 4.58. The van der Waals surface area contributed by atoms with Crippen molar-refractivity contribution in [1.29, 1.82) is 0 Å². The number of aromatic nitrogens is 5. The number of imidazole rings is 1. The number of methoxy groups -OCH3 is 1. The SMILES string of the molecule is COc1cc(OCc2csc(-c3ccc(C(=O)N4CC[C@H](O)C4)cc3)n2)c2sc(-c3cn4nc(C)sc4n3)nc2c1. The molecule has 10 nitrogen and oxygen atoms in total. The number of ether oxygens (including phenoxy) is 2. The predicted molar refractivity (Wildman–Crippen MR) is 159 cm³/mol. The third-order valence-corrected chi connectivity index (χ3v) is 9.67. The summed E-state index contributed by atoms with van der Waals surface area (Å²) in [7, 11) is 1.62. The number of aliphatic hydroxyl groups is 1. The van der Waals surface area contributed by atoms with Crippen molar-refractivity contribution >= 4 is 55.1 Å². The molecule has 208 valence electrons. The van der Waals surface area contributed by atoms with Gasteiger partial charge in [0.2, 0.25) is 4.96 Å². The van der Waals surface area contributed by atoms with Crippen LogP contribution in [0.15, 0.2) is 48.0 Å². The second kappa shape index (κ2) is 10.5. The highest BCUT2D eigenvalue weighted by Gasteiger charge is 2.25. The van der Waals surface area contributed by atoms with Crippen molar-refractivity contribution in [2.24, 2.45) is 0 Å². The lowest BCUT2D eigenvalue weighted by atomic mass is 10.1. The van der Waals surface area contributed by atoms with Crippen molar-refractivity contribution in [3.8, 4) is 32.8 Å². The standard InChI is InChI=1S/C28H24N6O4S3/c1-15-32-34-12-22(31-28(34)40-15)26-30-21-9-20(37-2)10-23(24(21)41-26)38-13-18-14-39-25(29-18)16-3-5-17(6-4-16)27(36)33-8-7-19(35)11-33/h3-6,9-10,12,14,19,35H,7-8,11,13H2,1-2H3/t19-/m0/s1. The summed E-state index contributed by atoms with van der Waals surface area (Å²) < 4.78 is 14.4. The normalized spacial score (nSPS) is 15.3. The summed E-state index contributed by atoms with van der Waals surface area (Å²) in [6.45, 7) is 3.21. The lowest BCUT2D eigenvalue weighted by Crippen LogP contribution is -2.29. The van der Waals surface area contributed by atoms with E-state index in [1.54, 1.807) is 16.5 Å². The Kier molecular flexibility index (Phi) is 6.66. The molecule has 7 rings (SSSR count). The molecule has 6 aromatic rings. The number of thiazole rings is 2. The average Bonchev–Trinajstić information content (AvgIpc) is 3.80. The molecule has 1 amide bonds. The Hall–Kier alpha value is -3.91. The van der Waals surface area contributed by atoms with E-state index in [0.717, 1.165) is 47.2 Å². The summed E-state index contributed by atoms with van der Waals surface area (Å²) in [5.41, 5.74) is 3.88. The van der Waals surface area contributed by atoms with Gasteiger partial charge in [0.25, 0.3) is 5.91 Å². The highest BCUT2D eigenvalue weighted by molar-refractivity contribution is 7.22. The molecule has 4 aromatic heterocycles. The van der Waals surface area contributed by atoms with Gasteiger partial charge in [-0.2, -0.15) is 5.10 Å². The van der Waals surface area contributed by atoms with Crippen molar-refractivity contribution in [2.75, 3.05) is 20.2 Å². The van der Waals surface area contributed by atoms with Crippen LogP contribution < -0.4 is 9.47 Å². The summed E-state index contributed by atoms with van der Waals surface area (Å²) in [4.78, 5) is 29.5.